The van der Waals surface area contributed by atoms with Gasteiger partial charge in [0, 0.05) is 6.42 Å². The van der Waals surface area contributed by atoms with Crippen LogP contribution in [0, 0.1) is 11.3 Å². The molecule has 2 atom stereocenters. The predicted molar refractivity (Wildman–Crippen MR) is 63.7 cm³/mol. The molecule has 0 spiro atoms. The Labute approximate surface area is 107 Å². The lowest BCUT2D eigenvalue weighted by atomic mass is 9.68. The van der Waals surface area contributed by atoms with Gasteiger partial charge in [0.25, 0.3) is 0 Å². The van der Waals surface area contributed by atoms with E-state index in [9.17, 15) is 14.4 Å². The van der Waals surface area contributed by atoms with Crippen LogP contribution in [0.2, 0.25) is 0 Å². The van der Waals surface area contributed by atoms with E-state index in [4.69, 9.17) is 4.74 Å². The Balaban J connectivity index is 2.94. The lowest BCUT2D eigenvalue weighted by molar-refractivity contribution is -0.163. The zero-order valence-electron chi connectivity index (χ0n) is 11.2. The highest BCUT2D eigenvalue weighted by Gasteiger charge is 2.49. The highest BCUT2D eigenvalue weighted by Crippen LogP contribution is 2.40. The van der Waals surface area contributed by atoms with Gasteiger partial charge < -0.3 is 9.47 Å². The monoisotopic (exact) mass is 256 g/mol. The number of ether oxygens (including phenoxy) is 2. The zero-order valence-corrected chi connectivity index (χ0v) is 11.2. The number of methoxy groups -OCH3 is 2. The summed E-state index contributed by atoms with van der Waals surface area (Å²) in [6, 6.07) is 0. The molecule has 18 heavy (non-hydrogen) atoms. The van der Waals surface area contributed by atoms with Gasteiger partial charge in [0.15, 0.2) is 0 Å². The molecule has 5 heteroatoms. The largest absolute Gasteiger partial charge is 0.469 e. The summed E-state index contributed by atoms with van der Waals surface area (Å²) in [7, 11) is 2.57. The molecule has 0 N–H and O–H groups in total. The number of hydrogen-bond donors (Lipinski definition) is 0. The van der Waals surface area contributed by atoms with Gasteiger partial charge in [-0.25, -0.2) is 0 Å². The molecule has 1 fully saturated rings. The standard InChI is InChI=1S/C13H20O5/c1-9(11(15)17-2)8-13(12(16)18-3)7-5-4-6-10(13)14/h9H,4-8H2,1-3H3. The number of carbonyl (C=O) groups is 3. The average molecular weight is 256 g/mol. The number of hydrogen-bond acceptors (Lipinski definition) is 5. The summed E-state index contributed by atoms with van der Waals surface area (Å²) in [4.78, 5) is 35.5. The van der Waals surface area contributed by atoms with Crippen molar-refractivity contribution in [3.63, 3.8) is 0 Å². The van der Waals surface area contributed by atoms with Crippen LogP contribution in [0.25, 0.3) is 0 Å². The van der Waals surface area contributed by atoms with E-state index in [0.717, 1.165) is 12.8 Å². The number of ketones is 1. The molecule has 102 valence electrons. The van der Waals surface area contributed by atoms with Crippen LogP contribution in [0.3, 0.4) is 0 Å². The molecule has 0 aromatic heterocycles. The van der Waals surface area contributed by atoms with Crippen molar-refractivity contribution in [1.82, 2.24) is 0 Å². The van der Waals surface area contributed by atoms with Crippen LogP contribution in [0.5, 0.6) is 0 Å². The van der Waals surface area contributed by atoms with Crippen molar-refractivity contribution in [1.29, 1.82) is 0 Å². The van der Waals surface area contributed by atoms with Gasteiger partial charge in [-0.1, -0.05) is 13.3 Å². The van der Waals surface area contributed by atoms with Gasteiger partial charge in [0.05, 0.1) is 20.1 Å². The molecule has 1 aliphatic carbocycles. The second-order valence-corrected chi connectivity index (χ2v) is 4.83. The Morgan fingerprint density at radius 3 is 2.44 bits per heavy atom. The van der Waals surface area contributed by atoms with Gasteiger partial charge in [-0.05, 0) is 19.3 Å². The number of esters is 2. The summed E-state index contributed by atoms with van der Waals surface area (Å²) in [6.45, 7) is 1.67. The maximum Gasteiger partial charge on any atom is 0.319 e. The average Bonchev–Trinajstić information content (AvgIpc) is 2.39. The van der Waals surface area contributed by atoms with E-state index in [0.29, 0.717) is 12.8 Å². The third kappa shape index (κ3) is 2.71. The van der Waals surface area contributed by atoms with Crippen LogP contribution in [0.1, 0.15) is 39.0 Å². The van der Waals surface area contributed by atoms with E-state index >= 15 is 0 Å². The molecule has 0 heterocycles. The van der Waals surface area contributed by atoms with Crippen molar-refractivity contribution in [2.24, 2.45) is 11.3 Å². The van der Waals surface area contributed by atoms with E-state index in [-0.39, 0.29) is 12.2 Å². The fourth-order valence-electron chi connectivity index (χ4n) is 2.61. The first-order valence-electron chi connectivity index (χ1n) is 6.17. The van der Waals surface area contributed by atoms with Crippen LogP contribution >= 0.6 is 0 Å². The lowest BCUT2D eigenvalue weighted by Crippen LogP contribution is -2.44. The van der Waals surface area contributed by atoms with Crippen LogP contribution in [-0.4, -0.2) is 31.9 Å². The van der Waals surface area contributed by atoms with Crippen molar-refractivity contribution in [3.05, 3.63) is 0 Å². The van der Waals surface area contributed by atoms with Crippen molar-refractivity contribution in [3.8, 4) is 0 Å². The number of carbonyl (C=O) groups excluding carboxylic acids is 3. The topological polar surface area (TPSA) is 69.7 Å². The highest BCUT2D eigenvalue weighted by atomic mass is 16.5. The van der Waals surface area contributed by atoms with E-state index in [1.54, 1.807) is 6.92 Å². The van der Waals surface area contributed by atoms with Crippen LogP contribution in [0.15, 0.2) is 0 Å². The number of Topliss-reactive ketones (excluding diaryl/α,β-unsaturated/α-hetero) is 1. The summed E-state index contributed by atoms with van der Waals surface area (Å²) in [5, 5.41) is 0. The van der Waals surface area contributed by atoms with Crippen LogP contribution < -0.4 is 0 Å². The van der Waals surface area contributed by atoms with Crippen molar-refractivity contribution < 1.29 is 23.9 Å². The molecule has 0 amide bonds. The Morgan fingerprint density at radius 1 is 1.28 bits per heavy atom. The van der Waals surface area contributed by atoms with Crippen molar-refractivity contribution in [2.45, 2.75) is 39.0 Å². The fraction of sp³-hybridized carbons (Fsp3) is 0.769. The van der Waals surface area contributed by atoms with Gasteiger partial charge in [-0.2, -0.15) is 0 Å². The maximum atomic E-state index is 12.1. The summed E-state index contributed by atoms with van der Waals surface area (Å²) in [5.41, 5.74) is -1.15. The molecule has 1 saturated carbocycles. The first kappa shape index (κ1) is 14.7. The molecule has 0 aromatic carbocycles. The fourth-order valence-corrected chi connectivity index (χ4v) is 2.61. The quantitative estimate of drug-likeness (QED) is 0.563. The third-order valence-corrected chi connectivity index (χ3v) is 3.63. The zero-order chi connectivity index (χ0) is 13.8. The minimum absolute atomic E-state index is 0.114. The third-order valence-electron chi connectivity index (χ3n) is 3.63. The van der Waals surface area contributed by atoms with Crippen molar-refractivity contribution >= 4 is 17.7 Å². The number of rotatable bonds is 4. The van der Waals surface area contributed by atoms with E-state index in [1.807, 2.05) is 0 Å². The molecule has 0 bridgehead atoms. The minimum atomic E-state index is -1.15. The molecule has 0 saturated heterocycles. The predicted octanol–water partition coefficient (Wildman–Crippen LogP) is 1.49. The second kappa shape index (κ2) is 5.98. The molecule has 1 rings (SSSR count). The minimum Gasteiger partial charge on any atom is -0.469 e. The summed E-state index contributed by atoms with van der Waals surface area (Å²) >= 11 is 0. The van der Waals surface area contributed by atoms with Gasteiger partial charge in [-0.15, -0.1) is 0 Å². The van der Waals surface area contributed by atoms with Gasteiger partial charge in [-0.3, -0.25) is 14.4 Å². The SMILES string of the molecule is COC(=O)C(C)CC1(C(=O)OC)CCCCC1=O. The summed E-state index contributed by atoms with van der Waals surface area (Å²) in [5.74, 6) is -1.54. The van der Waals surface area contributed by atoms with Crippen LogP contribution in [0.4, 0.5) is 0 Å². The van der Waals surface area contributed by atoms with Crippen molar-refractivity contribution in [2.75, 3.05) is 14.2 Å². The Bertz CT molecular complexity index is 339. The first-order chi connectivity index (χ1) is 8.47. The normalized spacial score (nSPS) is 25.4. The maximum absolute atomic E-state index is 12.1. The molecule has 2 unspecified atom stereocenters. The highest BCUT2D eigenvalue weighted by molar-refractivity contribution is 6.04. The molecule has 5 nitrogen and oxygen atoms in total. The lowest BCUT2D eigenvalue weighted by Gasteiger charge is -2.34. The summed E-state index contributed by atoms with van der Waals surface area (Å²) < 4.78 is 9.41. The second-order valence-electron chi connectivity index (χ2n) is 4.83. The molecular formula is C13H20O5. The smallest absolute Gasteiger partial charge is 0.319 e. The van der Waals surface area contributed by atoms with E-state index < -0.39 is 23.3 Å². The molecule has 0 radical (unpaired) electrons. The first-order valence-corrected chi connectivity index (χ1v) is 6.17. The summed E-state index contributed by atoms with van der Waals surface area (Å²) in [6.07, 6.45) is 2.60. The molecule has 0 aromatic rings. The Morgan fingerprint density at radius 2 is 1.94 bits per heavy atom. The molecule has 1 aliphatic rings. The van der Waals surface area contributed by atoms with Crippen LogP contribution in [-0.2, 0) is 23.9 Å². The molecular weight excluding hydrogens is 236 g/mol. The van der Waals surface area contributed by atoms with E-state index in [1.165, 1.54) is 14.2 Å². The van der Waals surface area contributed by atoms with Gasteiger partial charge in [0.1, 0.15) is 11.2 Å². The van der Waals surface area contributed by atoms with Gasteiger partial charge >= 0.3 is 11.9 Å². The molecule has 0 aliphatic heterocycles. The van der Waals surface area contributed by atoms with Gasteiger partial charge in [0.2, 0.25) is 0 Å². The van der Waals surface area contributed by atoms with E-state index in [2.05, 4.69) is 4.74 Å². The Kier molecular flexibility index (Phi) is 4.87. The Hall–Kier alpha value is -1.39.